The maximum atomic E-state index is 12.7. The van der Waals surface area contributed by atoms with Crippen molar-refractivity contribution in [3.8, 4) is 5.75 Å². The lowest BCUT2D eigenvalue weighted by molar-refractivity contribution is 0.0742. The van der Waals surface area contributed by atoms with Gasteiger partial charge in [0.2, 0.25) is 0 Å². The van der Waals surface area contributed by atoms with E-state index < -0.39 is 11.9 Å². The van der Waals surface area contributed by atoms with Crippen molar-refractivity contribution in [3.63, 3.8) is 0 Å². The smallest absolute Gasteiger partial charge is 0.323 e. The zero-order valence-corrected chi connectivity index (χ0v) is 16.6. The van der Waals surface area contributed by atoms with Gasteiger partial charge in [0.1, 0.15) is 11.9 Å². The van der Waals surface area contributed by atoms with Crippen molar-refractivity contribution in [3.05, 3.63) is 63.6 Å². The molecule has 0 spiro atoms. The topological polar surface area (TPSA) is 118 Å². The molecule has 154 valence electrons. The standard InChI is InChI=1S/C21H23N3O4.ClH/c25-15-8-7-13-9-14(4-1-3-12(13)10-15)22-11-18(26)20(27)16-5-2-6-17-19(16)24-21(28)23-17;/h2,5-8,10,14,18,22,25-26H,1,3-4,9,11H2,(H2,23,24,28);1H. The van der Waals surface area contributed by atoms with E-state index in [1.807, 2.05) is 12.1 Å². The van der Waals surface area contributed by atoms with Gasteiger partial charge in [-0.3, -0.25) is 4.79 Å². The predicted molar refractivity (Wildman–Crippen MR) is 113 cm³/mol. The van der Waals surface area contributed by atoms with E-state index in [1.54, 1.807) is 24.3 Å². The normalized spacial score (nSPS) is 17.2. The average molecular weight is 418 g/mol. The number of phenols is 1. The Bertz CT molecular complexity index is 1080. The molecule has 0 aliphatic heterocycles. The van der Waals surface area contributed by atoms with Crippen molar-refractivity contribution in [2.45, 2.75) is 37.8 Å². The van der Waals surface area contributed by atoms with Crippen LogP contribution in [0.1, 0.15) is 34.3 Å². The summed E-state index contributed by atoms with van der Waals surface area (Å²) in [6.07, 6.45) is 2.40. The van der Waals surface area contributed by atoms with E-state index >= 15 is 0 Å². The molecule has 0 saturated heterocycles. The molecule has 3 aromatic rings. The Morgan fingerprint density at radius 1 is 1.21 bits per heavy atom. The van der Waals surface area contributed by atoms with Crippen molar-refractivity contribution in [2.75, 3.05) is 6.54 Å². The molecule has 0 bridgehead atoms. The molecular formula is C21H24ClN3O4. The Hall–Kier alpha value is -2.61. The lowest BCUT2D eigenvalue weighted by Gasteiger charge is -2.19. The number of benzene rings is 2. The molecule has 1 aliphatic rings. The number of fused-ring (bicyclic) bond motifs is 2. The number of aromatic nitrogens is 2. The minimum Gasteiger partial charge on any atom is -0.508 e. The summed E-state index contributed by atoms with van der Waals surface area (Å²) in [6.45, 7) is 0.141. The van der Waals surface area contributed by atoms with Crippen LogP contribution in [0.5, 0.6) is 5.75 Å². The summed E-state index contributed by atoms with van der Waals surface area (Å²) in [5.41, 5.74) is 3.21. The number of imidazole rings is 1. The van der Waals surface area contributed by atoms with E-state index in [0.29, 0.717) is 16.6 Å². The number of aromatic amines is 2. The van der Waals surface area contributed by atoms with E-state index in [1.165, 1.54) is 5.56 Å². The van der Waals surface area contributed by atoms with Gasteiger partial charge in [-0.2, -0.15) is 0 Å². The first-order chi connectivity index (χ1) is 13.5. The van der Waals surface area contributed by atoms with Crippen LogP contribution < -0.4 is 11.0 Å². The number of hydrogen-bond acceptors (Lipinski definition) is 5. The van der Waals surface area contributed by atoms with Crippen LogP contribution in [0.4, 0.5) is 0 Å². The highest BCUT2D eigenvalue weighted by Gasteiger charge is 2.23. The molecule has 0 saturated carbocycles. The first kappa shape index (κ1) is 21.1. The number of nitrogens with one attached hydrogen (secondary N) is 3. The number of aliphatic hydroxyl groups is 1. The second kappa shape index (κ2) is 8.82. The number of aryl methyl sites for hydroxylation is 1. The molecule has 2 unspecified atom stereocenters. The summed E-state index contributed by atoms with van der Waals surface area (Å²) in [6, 6.07) is 10.6. The average Bonchev–Trinajstić information content (AvgIpc) is 2.94. The molecule has 4 rings (SSSR count). The number of phenolic OH excluding ortho intramolecular Hbond substituents is 1. The number of carbonyl (C=O) groups excluding carboxylic acids is 1. The molecular weight excluding hydrogens is 394 g/mol. The predicted octanol–water partition coefficient (Wildman–Crippen LogP) is 2.06. The van der Waals surface area contributed by atoms with E-state index in [2.05, 4.69) is 15.3 Å². The van der Waals surface area contributed by atoms with Crippen molar-refractivity contribution in [2.24, 2.45) is 0 Å². The minimum atomic E-state index is -1.20. The molecule has 8 heteroatoms. The number of H-pyrrole nitrogens is 2. The monoisotopic (exact) mass is 417 g/mol. The Labute approximate surface area is 173 Å². The number of hydrogen-bond donors (Lipinski definition) is 5. The molecule has 1 heterocycles. The van der Waals surface area contributed by atoms with Crippen LogP contribution in [-0.4, -0.2) is 44.7 Å². The Morgan fingerprint density at radius 3 is 2.86 bits per heavy atom. The van der Waals surface area contributed by atoms with Gasteiger partial charge >= 0.3 is 5.69 Å². The first-order valence-electron chi connectivity index (χ1n) is 9.48. The highest BCUT2D eigenvalue weighted by molar-refractivity contribution is 6.08. The van der Waals surface area contributed by atoms with Crippen LogP contribution in [0.15, 0.2) is 41.2 Å². The van der Waals surface area contributed by atoms with Crippen LogP contribution >= 0.6 is 12.4 Å². The number of halogens is 1. The molecule has 5 N–H and O–H groups in total. The molecule has 29 heavy (non-hydrogen) atoms. The Balaban J connectivity index is 0.00000240. The number of para-hydroxylation sites is 1. The largest absolute Gasteiger partial charge is 0.508 e. The quantitative estimate of drug-likeness (QED) is 0.321. The van der Waals surface area contributed by atoms with Gasteiger partial charge in [0.25, 0.3) is 0 Å². The first-order valence-corrected chi connectivity index (χ1v) is 9.48. The van der Waals surface area contributed by atoms with Crippen LogP contribution in [0.2, 0.25) is 0 Å². The fourth-order valence-corrected chi connectivity index (χ4v) is 3.94. The van der Waals surface area contributed by atoms with E-state index in [4.69, 9.17) is 0 Å². The maximum absolute atomic E-state index is 12.7. The van der Waals surface area contributed by atoms with Crippen LogP contribution in [0.25, 0.3) is 11.0 Å². The molecule has 7 nitrogen and oxygen atoms in total. The van der Waals surface area contributed by atoms with Gasteiger partial charge in [-0.15, -0.1) is 12.4 Å². The molecule has 1 aliphatic carbocycles. The van der Waals surface area contributed by atoms with Crippen LogP contribution in [0, 0.1) is 0 Å². The summed E-state index contributed by atoms with van der Waals surface area (Å²) < 4.78 is 0. The second-order valence-corrected chi connectivity index (χ2v) is 7.34. The van der Waals surface area contributed by atoms with Gasteiger partial charge in [-0.25, -0.2) is 4.79 Å². The summed E-state index contributed by atoms with van der Waals surface area (Å²) in [5, 5.41) is 23.4. The Morgan fingerprint density at radius 2 is 2.03 bits per heavy atom. The number of aromatic hydroxyl groups is 1. The zero-order chi connectivity index (χ0) is 19.7. The molecule has 2 aromatic carbocycles. The summed E-state index contributed by atoms with van der Waals surface area (Å²) in [7, 11) is 0. The number of carbonyl (C=O) groups is 1. The molecule has 1 aromatic heterocycles. The fraction of sp³-hybridized carbons (Fsp3) is 0.333. The summed E-state index contributed by atoms with van der Waals surface area (Å²) in [5.74, 6) is -0.143. The summed E-state index contributed by atoms with van der Waals surface area (Å²) >= 11 is 0. The van der Waals surface area contributed by atoms with Crippen molar-refractivity contribution in [1.29, 1.82) is 0 Å². The van der Waals surface area contributed by atoms with Gasteiger partial charge in [0.15, 0.2) is 5.78 Å². The number of aliphatic hydroxyl groups excluding tert-OH is 1. The zero-order valence-electron chi connectivity index (χ0n) is 15.8. The molecule has 2 atom stereocenters. The van der Waals surface area contributed by atoms with Gasteiger partial charge in [0, 0.05) is 18.2 Å². The van der Waals surface area contributed by atoms with E-state index in [-0.39, 0.29) is 36.4 Å². The second-order valence-electron chi connectivity index (χ2n) is 7.34. The van der Waals surface area contributed by atoms with Crippen molar-refractivity contribution < 1.29 is 15.0 Å². The van der Waals surface area contributed by atoms with Crippen LogP contribution in [0.3, 0.4) is 0 Å². The molecule has 0 amide bonds. The third-order valence-corrected chi connectivity index (χ3v) is 5.37. The highest BCUT2D eigenvalue weighted by atomic mass is 35.5. The summed E-state index contributed by atoms with van der Waals surface area (Å²) in [4.78, 5) is 29.4. The fourth-order valence-electron chi connectivity index (χ4n) is 3.94. The van der Waals surface area contributed by atoms with Gasteiger partial charge in [-0.1, -0.05) is 12.1 Å². The third-order valence-electron chi connectivity index (χ3n) is 5.37. The maximum Gasteiger partial charge on any atom is 0.323 e. The lowest BCUT2D eigenvalue weighted by Crippen LogP contribution is -2.40. The van der Waals surface area contributed by atoms with Gasteiger partial charge in [-0.05, 0) is 61.1 Å². The highest BCUT2D eigenvalue weighted by Crippen LogP contribution is 2.24. The lowest BCUT2D eigenvalue weighted by atomic mass is 10.0. The number of Topliss-reactive ketones (excluding diaryl/α,β-unsaturated/α-hetero) is 1. The van der Waals surface area contributed by atoms with Crippen molar-refractivity contribution >= 4 is 29.2 Å². The van der Waals surface area contributed by atoms with E-state index in [9.17, 15) is 19.8 Å². The van der Waals surface area contributed by atoms with Gasteiger partial charge in [0.05, 0.1) is 11.0 Å². The minimum absolute atomic E-state index is 0. The third kappa shape index (κ3) is 4.53. The number of rotatable bonds is 5. The van der Waals surface area contributed by atoms with Crippen molar-refractivity contribution in [1.82, 2.24) is 15.3 Å². The van der Waals surface area contributed by atoms with Gasteiger partial charge < -0.3 is 25.5 Å². The Kier molecular flexibility index (Phi) is 6.42. The number of ketones is 1. The molecule has 0 radical (unpaired) electrons. The van der Waals surface area contributed by atoms with Crippen LogP contribution in [-0.2, 0) is 12.8 Å². The van der Waals surface area contributed by atoms with E-state index in [0.717, 1.165) is 31.2 Å². The molecule has 0 fully saturated rings. The SMILES string of the molecule is Cl.O=C(c1cccc2[nH]c(=O)[nH]c12)C(O)CNC1CCCc2cc(O)ccc2C1.